The molecule has 0 aliphatic heterocycles. The van der Waals surface area contributed by atoms with E-state index in [2.05, 4.69) is 5.32 Å². The molecule has 0 aliphatic carbocycles. The molecule has 5 nitrogen and oxygen atoms in total. The summed E-state index contributed by atoms with van der Waals surface area (Å²) in [5, 5.41) is 14.4. The van der Waals surface area contributed by atoms with Gasteiger partial charge in [-0.1, -0.05) is 66.2 Å². The fourth-order valence-electron chi connectivity index (χ4n) is 4.01. The summed E-state index contributed by atoms with van der Waals surface area (Å²) in [6.45, 7) is 3.95. The Morgan fingerprint density at radius 1 is 0.912 bits per heavy atom. The van der Waals surface area contributed by atoms with E-state index in [9.17, 15) is 9.59 Å². The summed E-state index contributed by atoms with van der Waals surface area (Å²) in [6, 6.07) is 26.7. The van der Waals surface area contributed by atoms with Crippen LogP contribution in [0.3, 0.4) is 0 Å². The maximum Gasteiger partial charge on any atom is 0.303 e. The third kappa shape index (κ3) is 5.44. The Morgan fingerprint density at radius 3 is 2.38 bits per heavy atom. The second-order valence-electron chi connectivity index (χ2n) is 8.39. The predicted octanol–water partition coefficient (Wildman–Crippen LogP) is 6.45. The van der Waals surface area contributed by atoms with Crippen molar-refractivity contribution in [2.45, 2.75) is 32.7 Å². The van der Waals surface area contributed by atoms with Crippen LogP contribution >= 0.6 is 0 Å². The van der Waals surface area contributed by atoms with Gasteiger partial charge in [-0.3, -0.25) is 9.59 Å². The minimum atomic E-state index is -0.907. The van der Waals surface area contributed by atoms with Crippen molar-refractivity contribution < 1.29 is 19.4 Å². The molecular formula is C29H27NO4. The number of benzene rings is 4. The molecule has 2 N–H and O–H groups in total. The van der Waals surface area contributed by atoms with Gasteiger partial charge >= 0.3 is 5.97 Å². The van der Waals surface area contributed by atoms with Crippen molar-refractivity contribution in [3.8, 4) is 11.5 Å². The van der Waals surface area contributed by atoms with Gasteiger partial charge in [-0.15, -0.1) is 0 Å². The fourth-order valence-corrected chi connectivity index (χ4v) is 4.01. The first-order chi connectivity index (χ1) is 16.4. The molecule has 1 atom stereocenters. The molecule has 0 bridgehead atoms. The lowest BCUT2D eigenvalue weighted by Crippen LogP contribution is -2.27. The van der Waals surface area contributed by atoms with Crippen molar-refractivity contribution in [2.75, 3.05) is 0 Å². The van der Waals surface area contributed by atoms with E-state index in [0.717, 1.165) is 21.9 Å². The smallest absolute Gasteiger partial charge is 0.303 e. The quantitative estimate of drug-likeness (QED) is 0.321. The Morgan fingerprint density at radius 2 is 1.62 bits per heavy atom. The lowest BCUT2D eigenvalue weighted by molar-refractivity contribution is -0.136. The summed E-state index contributed by atoms with van der Waals surface area (Å²) in [7, 11) is 0. The SMILES string of the molecule is Cc1ccc(Oc2ccc(CCC(=O)O)c(C(=O)N[C@H](C)c3cccc4ccccc34)c2)cc1. The van der Waals surface area contributed by atoms with Crippen molar-refractivity contribution in [3.05, 3.63) is 107 Å². The first kappa shape index (κ1) is 23.1. The highest BCUT2D eigenvalue weighted by molar-refractivity contribution is 5.97. The number of carboxylic acid groups (broad SMARTS) is 1. The highest BCUT2D eigenvalue weighted by Gasteiger charge is 2.18. The van der Waals surface area contributed by atoms with Crippen LogP contribution in [0.5, 0.6) is 11.5 Å². The fraction of sp³-hybridized carbons (Fsp3) is 0.172. The Hall–Kier alpha value is -4.12. The van der Waals surface area contributed by atoms with Gasteiger partial charge in [-0.2, -0.15) is 0 Å². The predicted molar refractivity (Wildman–Crippen MR) is 133 cm³/mol. The van der Waals surface area contributed by atoms with Gasteiger partial charge in [0.25, 0.3) is 5.91 Å². The molecule has 172 valence electrons. The van der Waals surface area contributed by atoms with Gasteiger partial charge in [-0.25, -0.2) is 0 Å². The number of ether oxygens (including phenoxy) is 1. The molecule has 0 radical (unpaired) electrons. The van der Waals surface area contributed by atoms with Crippen molar-refractivity contribution >= 4 is 22.6 Å². The Bertz CT molecular complexity index is 1320. The Labute approximate surface area is 199 Å². The maximum atomic E-state index is 13.4. The van der Waals surface area contributed by atoms with Crippen LogP contribution in [0.25, 0.3) is 10.8 Å². The minimum Gasteiger partial charge on any atom is -0.481 e. The van der Waals surface area contributed by atoms with Crippen LogP contribution in [0.1, 0.15) is 46.4 Å². The molecule has 4 aromatic rings. The van der Waals surface area contributed by atoms with E-state index in [1.165, 1.54) is 0 Å². The van der Waals surface area contributed by atoms with Crippen LogP contribution in [0.2, 0.25) is 0 Å². The number of carbonyl (C=O) groups excluding carboxylic acids is 1. The highest BCUT2D eigenvalue weighted by Crippen LogP contribution is 2.27. The topological polar surface area (TPSA) is 75.6 Å². The van der Waals surface area contributed by atoms with Gasteiger partial charge in [0.05, 0.1) is 6.04 Å². The van der Waals surface area contributed by atoms with Crippen molar-refractivity contribution in [3.63, 3.8) is 0 Å². The number of hydrogen-bond acceptors (Lipinski definition) is 3. The van der Waals surface area contributed by atoms with Gasteiger partial charge < -0.3 is 15.2 Å². The normalized spacial score (nSPS) is 11.7. The molecule has 0 fully saturated rings. The molecule has 0 unspecified atom stereocenters. The maximum absolute atomic E-state index is 13.4. The largest absolute Gasteiger partial charge is 0.481 e. The van der Waals surface area contributed by atoms with E-state index in [0.29, 0.717) is 22.6 Å². The average Bonchev–Trinajstić information content (AvgIpc) is 2.84. The van der Waals surface area contributed by atoms with E-state index in [-0.39, 0.29) is 24.8 Å². The molecule has 0 heterocycles. The molecule has 5 heteroatoms. The molecule has 34 heavy (non-hydrogen) atoms. The summed E-state index contributed by atoms with van der Waals surface area (Å²) in [5.74, 6) is 0.0101. The summed E-state index contributed by atoms with van der Waals surface area (Å²) >= 11 is 0. The summed E-state index contributed by atoms with van der Waals surface area (Å²) in [6.07, 6.45) is 0.197. The number of rotatable bonds is 8. The first-order valence-electron chi connectivity index (χ1n) is 11.3. The third-order valence-electron chi connectivity index (χ3n) is 5.83. The van der Waals surface area contributed by atoms with Crippen molar-refractivity contribution in [2.24, 2.45) is 0 Å². The lowest BCUT2D eigenvalue weighted by Gasteiger charge is -2.18. The number of carbonyl (C=O) groups is 2. The number of fused-ring (bicyclic) bond motifs is 1. The molecule has 0 aromatic heterocycles. The zero-order valence-electron chi connectivity index (χ0n) is 19.2. The highest BCUT2D eigenvalue weighted by atomic mass is 16.5. The van der Waals surface area contributed by atoms with Gasteiger partial charge in [0.2, 0.25) is 0 Å². The number of carboxylic acids is 1. The number of amides is 1. The van der Waals surface area contributed by atoms with Gasteiger partial charge in [0.1, 0.15) is 11.5 Å². The van der Waals surface area contributed by atoms with Gasteiger partial charge in [0.15, 0.2) is 0 Å². The lowest BCUT2D eigenvalue weighted by atomic mass is 9.98. The zero-order chi connectivity index (χ0) is 24.1. The molecular weight excluding hydrogens is 426 g/mol. The number of nitrogens with one attached hydrogen (secondary N) is 1. The van der Waals surface area contributed by atoms with Crippen molar-refractivity contribution in [1.82, 2.24) is 5.32 Å². The Kier molecular flexibility index (Phi) is 6.93. The standard InChI is InChI=1S/C29H27NO4/c1-19-10-14-23(15-11-19)34-24-16-12-22(13-17-28(31)32)27(18-24)29(33)30-20(2)25-9-5-7-21-6-3-4-8-26(21)25/h3-12,14-16,18,20H,13,17H2,1-2H3,(H,30,33)(H,31,32)/t20-/m1/s1. The number of aliphatic carboxylic acids is 1. The van der Waals surface area contributed by atoms with E-state index >= 15 is 0 Å². The molecule has 4 aromatic carbocycles. The average molecular weight is 454 g/mol. The van der Waals surface area contributed by atoms with Crippen LogP contribution < -0.4 is 10.1 Å². The molecule has 0 spiro atoms. The molecule has 1 amide bonds. The molecule has 4 rings (SSSR count). The van der Waals surface area contributed by atoms with Gasteiger partial charge in [0, 0.05) is 12.0 Å². The molecule has 0 aliphatic rings. The van der Waals surface area contributed by atoms with Crippen LogP contribution in [-0.4, -0.2) is 17.0 Å². The third-order valence-corrected chi connectivity index (χ3v) is 5.83. The van der Waals surface area contributed by atoms with E-state index < -0.39 is 5.97 Å². The van der Waals surface area contributed by atoms with E-state index in [1.807, 2.05) is 80.6 Å². The van der Waals surface area contributed by atoms with E-state index in [1.54, 1.807) is 18.2 Å². The minimum absolute atomic E-state index is 0.0582. The summed E-state index contributed by atoms with van der Waals surface area (Å²) in [4.78, 5) is 24.5. The van der Waals surface area contributed by atoms with Gasteiger partial charge in [-0.05, 0) is 66.4 Å². The van der Waals surface area contributed by atoms with Crippen LogP contribution in [0.15, 0.2) is 84.9 Å². The van der Waals surface area contributed by atoms with E-state index in [4.69, 9.17) is 9.84 Å². The number of hydrogen-bond donors (Lipinski definition) is 2. The molecule has 0 saturated heterocycles. The second kappa shape index (κ2) is 10.2. The molecule has 0 saturated carbocycles. The summed E-state index contributed by atoms with van der Waals surface area (Å²) < 4.78 is 5.96. The Balaban J connectivity index is 1.61. The zero-order valence-corrected chi connectivity index (χ0v) is 19.2. The van der Waals surface area contributed by atoms with Crippen LogP contribution in [0, 0.1) is 6.92 Å². The number of aryl methyl sites for hydroxylation is 2. The monoisotopic (exact) mass is 453 g/mol. The van der Waals surface area contributed by atoms with Crippen LogP contribution in [0.4, 0.5) is 0 Å². The summed E-state index contributed by atoms with van der Waals surface area (Å²) in [5.41, 5.74) is 3.23. The first-order valence-corrected chi connectivity index (χ1v) is 11.3. The van der Waals surface area contributed by atoms with Crippen molar-refractivity contribution in [1.29, 1.82) is 0 Å². The van der Waals surface area contributed by atoms with Crippen LogP contribution in [-0.2, 0) is 11.2 Å². The second-order valence-corrected chi connectivity index (χ2v) is 8.39.